The average Bonchev–Trinajstić information content (AvgIpc) is 1.59. The van der Waals surface area contributed by atoms with Gasteiger partial charge in [0.2, 0.25) is 11.9 Å². The predicted molar refractivity (Wildman–Crippen MR) is 411 cm³/mol. The fourth-order valence-electron chi connectivity index (χ4n) is 15.2. The van der Waals surface area contributed by atoms with Crippen LogP contribution in [-0.2, 0) is 0 Å². The lowest BCUT2D eigenvalue weighted by Gasteiger charge is -2.13. The van der Waals surface area contributed by atoms with Crippen molar-refractivity contribution < 1.29 is 0 Å². The molecule has 20 aromatic rings. The van der Waals surface area contributed by atoms with E-state index in [9.17, 15) is 0 Å². The van der Waals surface area contributed by atoms with Crippen molar-refractivity contribution in [3.63, 3.8) is 0 Å². The molecule has 9 nitrogen and oxygen atoms in total. The number of rotatable bonds is 11. The van der Waals surface area contributed by atoms with E-state index in [0.29, 0.717) is 23.5 Å². The molecule has 6 heterocycles. The van der Waals surface area contributed by atoms with Gasteiger partial charge in [0.15, 0.2) is 11.6 Å². The molecule has 0 aliphatic heterocycles. The van der Waals surface area contributed by atoms with Gasteiger partial charge < -0.3 is 9.13 Å². The number of aromatic nitrogens is 9. The summed E-state index contributed by atoms with van der Waals surface area (Å²) in [6, 6.07) is 123. The Bertz CT molecular complexity index is 6570. The molecule has 9 heteroatoms. The van der Waals surface area contributed by atoms with Gasteiger partial charge in [-0.1, -0.05) is 243 Å². The molecule has 6 aromatic heterocycles. The Morgan fingerprint density at radius 1 is 0.160 bits per heavy atom. The van der Waals surface area contributed by atoms with Gasteiger partial charge >= 0.3 is 0 Å². The van der Waals surface area contributed by atoms with E-state index in [1.807, 2.05) is 30.3 Å². The van der Waals surface area contributed by atoms with Crippen molar-refractivity contribution in [1.29, 1.82) is 0 Å². The third-order valence-electron chi connectivity index (χ3n) is 19.8. The molecule has 0 aliphatic rings. The van der Waals surface area contributed by atoms with E-state index in [1.54, 1.807) is 0 Å². The fraction of sp³-hybridized carbons (Fsp3) is 0. The molecule has 0 saturated carbocycles. The van der Waals surface area contributed by atoms with Crippen molar-refractivity contribution >= 4 is 87.2 Å². The Balaban J connectivity index is 0.740. The fourth-order valence-corrected chi connectivity index (χ4v) is 15.2. The monoisotopic (exact) mass is 1280 g/mol. The lowest BCUT2D eigenvalue weighted by molar-refractivity contribution is 0.953. The van der Waals surface area contributed by atoms with Crippen LogP contribution in [0.4, 0.5) is 0 Å². The number of hydrogen-bond acceptors (Lipinski definition) is 5. The number of para-hydroxylation sites is 5. The smallest absolute Gasteiger partial charge is 0.238 e. The van der Waals surface area contributed by atoms with Gasteiger partial charge in [-0.25, -0.2) is 15.0 Å². The zero-order chi connectivity index (χ0) is 65.8. The molecule has 0 amide bonds. The highest BCUT2D eigenvalue weighted by molar-refractivity contribution is 6.15. The summed E-state index contributed by atoms with van der Waals surface area (Å²) < 4.78 is 9.20. The second-order valence-corrected chi connectivity index (χ2v) is 25.6. The first-order valence-corrected chi connectivity index (χ1v) is 33.8. The molecule has 0 unspecified atom stereocenters. The summed E-state index contributed by atoms with van der Waals surface area (Å²) >= 11 is 0. The van der Waals surface area contributed by atoms with E-state index in [-0.39, 0.29) is 0 Å². The molecule has 20 rings (SSSR count). The van der Waals surface area contributed by atoms with Crippen LogP contribution in [0.1, 0.15) is 0 Å². The van der Waals surface area contributed by atoms with Crippen molar-refractivity contribution in [2.75, 3.05) is 0 Å². The largest absolute Gasteiger partial charge is 0.309 e. The lowest BCUT2D eigenvalue weighted by Crippen LogP contribution is -2.06. The Kier molecular flexibility index (Phi) is 13.1. The summed E-state index contributed by atoms with van der Waals surface area (Å²) in [5, 5.41) is 9.16. The molecule has 466 valence electrons. The number of fused-ring (bicyclic) bond motifs is 12. The van der Waals surface area contributed by atoms with Gasteiger partial charge in [0, 0.05) is 76.7 Å². The zero-order valence-corrected chi connectivity index (χ0v) is 53.9. The molecule has 0 aliphatic carbocycles. The van der Waals surface area contributed by atoms with Crippen molar-refractivity contribution in [2.45, 2.75) is 0 Å². The number of benzene rings is 14. The minimum atomic E-state index is 0.528. The second-order valence-electron chi connectivity index (χ2n) is 25.6. The Morgan fingerprint density at radius 3 is 0.950 bits per heavy atom. The van der Waals surface area contributed by atoms with Gasteiger partial charge in [0.25, 0.3) is 0 Å². The first-order valence-electron chi connectivity index (χ1n) is 33.8. The summed E-state index contributed by atoms with van der Waals surface area (Å²) in [5.41, 5.74) is 22.8. The lowest BCUT2D eigenvalue weighted by atomic mass is 9.99. The zero-order valence-electron chi connectivity index (χ0n) is 53.9. The SMILES string of the molecule is c1ccc(-c2cc(-c3ccccc3)nc(-n3c4ccc(-c5cccc(-c6nc(-c7ccccc7)nc(-n7c8ccccc8c8ccc(-c9ccc%10c(c9)c9ccccc9n%10-c9ccccc9)cc87)n6)c5)cc4c4ccc(-c5ccc6c(c5)c5ccccc5n6-c5ccccc5)cc43)n2)cc1. The van der Waals surface area contributed by atoms with Crippen LogP contribution in [0.3, 0.4) is 0 Å². The van der Waals surface area contributed by atoms with Gasteiger partial charge in [-0.2, -0.15) is 9.97 Å². The van der Waals surface area contributed by atoms with E-state index in [0.717, 1.165) is 133 Å². The van der Waals surface area contributed by atoms with Crippen LogP contribution in [0, 0.1) is 0 Å². The Hall–Kier alpha value is -13.6. The van der Waals surface area contributed by atoms with Crippen molar-refractivity contribution in [2.24, 2.45) is 0 Å². The summed E-state index contributed by atoms with van der Waals surface area (Å²) in [6.07, 6.45) is 0. The molecule has 0 bridgehead atoms. The third-order valence-corrected chi connectivity index (χ3v) is 19.8. The second kappa shape index (κ2) is 23.0. The highest BCUT2D eigenvalue weighted by Crippen LogP contribution is 2.43. The van der Waals surface area contributed by atoms with Gasteiger partial charge in [-0.3, -0.25) is 9.13 Å². The molecule has 100 heavy (non-hydrogen) atoms. The quantitative estimate of drug-likeness (QED) is 0.129. The van der Waals surface area contributed by atoms with Crippen LogP contribution in [0.15, 0.2) is 346 Å². The Morgan fingerprint density at radius 2 is 0.470 bits per heavy atom. The molecule has 0 atom stereocenters. The van der Waals surface area contributed by atoms with Crippen molar-refractivity contribution in [3.05, 3.63) is 346 Å². The summed E-state index contributed by atoms with van der Waals surface area (Å²) in [6.45, 7) is 0. The summed E-state index contributed by atoms with van der Waals surface area (Å²) in [7, 11) is 0. The molecule has 0 radical (unpaired) electrons. The minimum Gasteiger partial charge on any atom is -0.309 e. The van der Waals surface area contributed by atoms with Gasteiger partial charge in [-0.15, -0.1) is 0 Å². The molecular formula is C91H57N9. The van der Waals surface area contributed by atoms with E-state index < -0.39 is 0 Å². The van der Waals surface area contributed by atoms with Gasteiger partial charge in [0.1, 0.15) is 0 Å². The topological polar surface area (TPSA) is 84.2 Å². The molecule has 0 fully saturated rings. The molecule has 0 saturated heterocycles. The van der Waals surface area contributed by atoms with Gasteiger partial charge in [0.05, 0.1) is 55.5 Å². The number of hydrogen-bond donors (Lipinski definition) is 0. The normalized spacial score (nSPS) is 11.8. The summed E-state index contributed by atoms with van der Waals surface area (Å²) in [4.78, 5) is 27.2. The van der Waals surface area contributed by atoms with Crippen LogP contribution >= 0.6 is 0 Å². The highest BCUT2D eigenvalue weighted by Gasteiger charge is 2.24. The van der Waals surface area contributed by atoms with Crippen molar-refractivity contribution in [1.82, 2.24) is 43.2 Å². The van der Waals surface area contributed by atoms with E-state index in [1.165, 1.54) is 32.6 Å². The molecular weight excluding hydrogens is 1220 g/mol. The van der Waals surface area contributed by atoms with Crippen molar-refractivity contribution in [3.8, 4) is 102 Å². The van der Waals surface area contributed by atoms with Crippen LogP contribution in [0.2, 0.25) is 0 Å². The number of nitrogens with zero attached hydrogens (tertiary/aromatic N) is 9. The minimum absolute atomic E-state index is 0.528. The highest BCUT2D eigenvalue weighted by atomic mass is 15.2. The maximum absolute atomic E-state index is 5.50. The van der Waals surface area contributed by atoms with E-state index in [2.05, 4.69) is 334 Å². The third kappa shape index (κ3) is 9.35. The molecule has 0 spiro atoms. The molecule has 14 aromatic carbocycles. The van der Waals surface area contributed by atoms with Crippen LogP contribution in [-0.4, -0.2) is 43.2 Å². The summed E-state index contributed by atoms with van der Waals surface area (Å²) in [5.74, 6) is 2.25. The first-order chi connectivity index (χ1) is 49.6. The first kappa shape index (κ1) is 56.7. The van der Waals surface area contributed by atoms with E-state index in [4.69, 9.17) is 24.9 Å². The standard InChI is InChI=1S/C91H57N9/c1-6-23-58(24-7-1)78-57-79(59-25-8-2-9-26-59)93-90(92-78)100-85-50-45-62(52-77(85)74-47-42-66(56-87(74)100)64-44-49-84-76(54-64)72-37-18-20-39-81(72)98(84)69-33-14-5-15-34-69)61-29-22-30-67(51-61)89-94-88(60-27-10-3-11-28-60)95-91(96-89)99-82-40-21-16-35-70(82)73-46-41-65(55-86(73)99)63-43-48-83-75(53-63)71-36-17-19-38-80(71)97(83)68-31-12-4-13-32-68/h1-57H. The maximum Gasteiger partial charge on any atom is 0.238 e. The maximum atomic E-state index is 5.50. The average molecular weight is 1280 g/mol. The van der Waals surface area contributed by atoms with Crippen LogP contribution in [0.25, 0.3) is 189 Å². The Labute approximate surface area is 574 Å². The molecule has 0 N–H and O–H groups in total. The predicted octanol–water partition coefficient (Wildman–Crippen LogP) is 22.7. The van der Waals surface area contributed by atoms with Crippen LogP contribution in [0.5, 0.6) is 0 Å². The van der Waals surface area contributed by atoms with E-state index >= 15 is 0 Å². The van der Waals surface area contributed by atoms with Crippen LogP contribution < -0.4 is 0 Å². The van der Waals surface area contributed by atoms with Gasteiger partial charge in [-0.05, 0) is 137 Å².